The number of rotatable bonds is 1. The second-order valence-corrected chi connectivity index (χ2v) is 8.99. The minimum absolute atomic E-state index is 0.0179. The third-order valence-corrected chi connectivity index (χ3v) is 7.05. The van der Waals surface area contributed by atoms with Crippen LogP contribution in [-0.4, -0.2) is 26.0 Å². The number of nitrogens with zero attached hydrogens (tertiary/aromatic N) is 3. The van der Waals surface area contributed by atoms with Crippen molar-refractivity contribution in [3.63, 3.8) is 0 Å². The summed E-state index contributed by atoms with van der Waals surface area (Å²) in [7, 11) is 0. The monoisotopic (exact) mass is 421 g/mol. The highest BCUT2D eigenvalue weighted by Gasteiger charge is 2.40. The molecule has 1 aliphatic carbocycles. The van der Waals surface area contributed by atoms with Crippen LogP contribution in [0.25, 0.3) is 5.69 Å². The second kappa shape index (κ2) is 7.55. The van der Waals surface area contributed by atoms with Crippen LogP contribution in [0.5, 0.6) is 0 Å². The Hall–Kier alpha value is -3.09. The third kappa shape index (κ3) is 3.23. The smallest absolute Gasteiger partial charge is 0.352 e. The molecule has 0 N–H and O–H groups in total. The van der Waals surface area contributed by atoms with E-state index in [0.717, 1.165) is 37.7 Å². The van der Waals surface area contributed by atoms with Gasteiger partial charge in [-0.3, -0.25) is 0 Å². The van der Waals surface area contributed by atoms with Gasteiger partial charge in [-0.05, 0) is 55.7 Å². The standard InChI is InChI=1S/C24H27N3O4/c1-15-8-11-20-17(9-10-19-16(2)22(28)31-21(19)14-15)12-13-25-23(29)26(24(30)27(20)25)18-6-4-3-5-7-18/h3-7,12,15,19-21H,2,8-11,13-14H2,1H3/t15?,19-,20+,21+/m0/s1. The number of carbonyl (C=O) groups excluding carboxylic acids is 1. The van der Waals surface area contributed by atoms with Gasteiger partial charge >= 0.3 is 17.3 Å². The number of hydrogen-bond acceptors (Lipinski definition) is 4. The van der Waals surface area contributed by atoms with Crippen molar-refractivity contribution in [2.45, 2.75) is 57.7 Å². The molecule has 1 aromatic heterocycles. The summed E-state index contributed by atoms with van der Waals surface area (Å²) < 4.78 is 10.1. The molecule has 4 atom stereocenters. The highest BCUT2D eigenvalue weighted by Crippen LogP contribution is 2.40. The van der Waals surface area contributed by atoms with Crippen LogP contribution in [-0.2, 0) is 16.1 Å². The molecule has 1 saturated heterocycles. The average Bonchev–Trinajstić information content (AvgIpc) is 3.18. The predicted octanol–water partition coefficient (Wildman–Crippen LogP) is 2.98. The lowest BCUT2D eigenvalue weighted by Gasteiger charge is -2.31. The number of allylic oxidation sites excluding steroid dienone is 2. The summed E-state index contributed by atoms with van der Waals surface area (Å²) in [6.45, 7) is 6.51. The van der Waals surface area contributed by atoms with E-state index in [1.54, 1.807) is 21.5 Å². The first kappa shape index (κ1) is 19.8. The quantitative estimate of drug-likeness (QED) is 0.403. The molecule has 3 aliphatic rings. The van der Waals surface area contributed by atoms with Gasteiger partial charge in [0.05, 0.1) is 18.3 Å². The number of carbonyl (C=O) groups is 1. The van der Waals surface area contributed by atoms with Crippen LogP contribution in [0.1, 0.15) is 45.1 Å². The number of benzene rings is 1. The van der Waals surface area contributed by atoms with Crippen molar-refractivity contribution in [3.05, 3.63) is 75.1 Å². The molecule has 0 radical (unpaired) electrons. The Balaban J connectivity index is 1.53. The van der Waals surface area contributed by atoms with Crippen LogP contribution >= 0.6 is 0 Å². The van der Waals surface area contributed by atoms with Crippen LogP contribution in [0.3, 0.4) is 0 Å². The Morgan fingerprint density at radius 3 is 2.58 bits per heavy atom. The number of ether oxygens (including phenoxy) is 1. The Kier molecular flexibility index (Phi) is 4.84. The molecule has 1 aromatic carbocycles. The van der Waals surface area contributed by atoms with Gasteiger partial charge in [-0.1, -0.05) is 37.8 Å². The fraction of sp³-hybridized carbons (Fsp3) is 0.458. The molecule has 1 unspecified atom stereocenters. The molecule has 31 heavy (non-hydrogen) atoms. The van der Waals surface area contributed by atoms with Gasteiger partial charge in [0.2, 0.25) is 0 Å². The number of hydrogen-bond donors (Lipinski definition) is 0. The first-order chi connectivity index (χ1) is 15.0. The zero-order chi connectivity index (χ0) is 21.7. The third-order valence-electron chi connectivity index (χ3n) is 7.05. The minimum atomic E-state index is -0.306. The second-order valence-electron chi connectivity index (χ2n) is 8.99. The first-order valence-corrected chi connectivity index (χ1v) is 11.0. The van der Waals surface area contributed by atoms with Crippen LogP contribution in [0.15, 0.2) is 63.7 Å². The maximum atomic E-state index is 13.4. The number of para-hydroxylation sites is 1. The molecule has 2 aliphatic heterocycles. The first-order valence-electron chi connectivity index (χ1n) is 11.0. The molecule has 2 fully saturated rings. The van der Waals surface area contributed by atoms with Gasteiger partial charge < -0.3 is 4.74 Å². The Morgan fingerprint density at radius 2 is 1.81 bits per heavy atom. The summed E-state index contributed by atoms with van der Waals surface area (Å²) in [6, 6.07) is 8.92. The van der Waals surface area contributed by atoms with Gasteiger partial charge in [-0.15, -0.1) is 0 Å². The molecule has 0 amide bonds. The van der Waals surface area contributed by atoms with E-state index < -0.39 is 0 Å². The SMILES string of the molecule is C=C1C(=O)O[C@@H]2CC(C)CC[C@@H]3C(=CCn4c(=O)n(-c5ccccc5)c(=O)n43)CC[C@@H]12. The number of aromatic nitrogens is 3. The lowest BCUT2D eigenvalue weighted by atomic mass is 9.81. The zero-order valence-electron chi connectivity index (χ0n) is 17.7. The highest BCUT2D eigenvalue weighted by atomic mass is 16.6. The molecule has 7 nitrogen and oxygen atoms in total. The topological polar surface area (TPSA) is 75.2 Å². The maximum Gasteiger partial charge on any atom is 0.352 e. The van der Waals surface area contributed by atoms with Crippen LogP contribution in [0, 0.1) is 11.8 Å². The van der Waals surface area contributed by atoms with Crippen molar-refractivity contribution in [3.8, 4) is 5.69 Å². The lowest BCUT2D eigenvalue weighted by molar-refractivity contribution is -0.139. The summed E-state index contributed by atoms with van der Waals surface area (Å²) in [5.74, 6) is 0.0736. The average molecular weight is 421 g/mol. The summed E-state index contributed by atoms with van der Waals surface area (Å²) in [5.41, 5.74) is 1.71. The van der Waals surface area contributed by atoms with E-state index in [-0.39, 0.29) is 35.4 Å². The van der Waals surface area contributed by atoms with Gasteiger partial charge in [0.15, 0.2) is 0 Å². The summed E-state index contributed by atoms with van der Waals surface area (Å²) >= 11 is 0. The number of fused-ring (bicyclic) bond motifs is 4. The molecule has 162 valence electrons. The van der Waals surface area contributed by atoms with Crippen molar-refractivity contribution in [2.24, 2.45) is 11.8 Å². The molecular weight excluding hydrogens is 394 g/mol. The Morgan fingerprint density at radius 1 is 1.03 bits per heavy atom. The van der Waals surface area contributed by atoms with Crippen molar-refractivity contribution in [2.75, 3.05) is 0 Å². The van der Waals surface area contributed by atoms with Crippen LogP contribution in [0.4, 0.5) is 0 Å². The van der Waals surface area contributed by atoms with E-state index in [1.807, 2.05) is 18.2 Å². The van der Waals surface area contributed by atoms with Crippen LogP contribution in [0.2, 0.25) is 0 Å². The molecular formula is C24H27N3O4. The van der Waals surface area contributed by atoms with Crippen LogP contribution < -0.4 is 11.4 Å². The van der Waals surface area contributed by atoms with Crippen molar-refractivity contribution < 1.29 is 9.53 Å². The van der Waals surface area contributed by atoms with Crippen molar-refractivity contribution in [1.29, 1.82) is 0 Å². The van der Waals surface area contributed by atoms with E-state index >= 15 is 0 Å². The Labute approximate surface area is 180 Å². The normalized spacial score (nSPS) is 28.2. The van der Waals surface area contributed by atoms with Gasteiger partial charge in [-0.25, -0.2) is 28.3 Å². The lowest BCUT2D eigenvalue weighted by Crippen LogP contribution is -2.35. The molecule has 5 rings (SSSR count). The van der Waals surface area contributed by atoms with E-state index in [2.05, 4.69) is 19.6 Å². The zero-order valence-corrected chi connectivity index (χ0v) is 17.7. The largest absolute Gasteiger partial charge is 0.458 e. The highest BCUT2D eigenvalue weighted by molar-refractivity contribution is 5.90. The van der Waals surface area contributed by atoms with Gasteiger partial charge in [0, 0.05) is 11.5 Å². The summed E-state index contributed by atoms with van der Waals surface area (Å²) in [6.07, 6.45) is 5.96. The van der Waals surface area contributed by atoms with Gasteiger partial charge in [0.25, 0.3) is 0 Å². The van der Waals surface area contributed by atoms with E-state index in [1.165, 1.54) is 4.57 Å². The molecule has 3 heterocycles. The minimum Gasteiger partial charge on any atom is -0.458 e. The van der Waals surface area contributed by atoms with Gasteiger partial charge in [0.1, 0.15) is 6.10 Å². The molecule has 7 heteroatoms. The van der Waals surface area contributed by atoms with Gasteiger partial charge in [-0.2, -0.15) is 0 Å². The van der Waals surface area contributed by atoms with Crippen molar-refractivity contribution >= 4 is 5.97 Å². The predicted molar refractivity (Wildman–Crippen MR) is 116 cm³/mol. The Bertz CT molecular complexity index is 1180. The summed E-state index contributed by atoms with van der Waals surface area (Å²) in [5, 5.41) is 0. The molecule has 1 saturated carbocycles. The number of esters is 1. The molecule has 2 aromatic rings. The van der Waals surface area contributed by atoms with E-state index in [4.69, 9.17) is 4.74 Å². The molecule has 0 spiro atoms. The summed E-state index contributed by atoms with van der Waals surface area (Å²) in [4.78, 5) is 38.6. The van der Waals surface area contributed by atoms with E-state index in [9.17, 15) is 14.4 Å². The van der Waals surface area contributed by atoms with Crippen molar-refractivity contribution in [1.82, 2.24) is 13.9 Å². The molecule has 0 bridgehead atoms. The fourth-order valence-electron chi connectivity index (χ4n) is 5.36. The van der Waals surface area contributed by atoms with E-state index in [0.29, 0.717) is 23.7 Å². The fourth-order valence-corrected chi connectivity index (χ4v) is 5.36. The maximum absolute atomic E-state index is 13.4.